The van der Waals surface area contributed by atoms with E-state index in [0.717, 1.165) is 29.5 Å². The van der Waals surface area contributed by atoms with Gasteiger partial charge < -0.3 is 4.74 Å². The number of thiazole rings is 1. The molecule has 1 N–H and O–H groups in total. The highest BCUT2D eigenvalue weighted by molar-refractivity contribution is 7.14. The summed E-state index contributed by atoms with van der Waals surface area (Å²) in [5, 5.41) is 13.1. The summed E-state index contributed by atoms with van der Waals surface area (Å²) in [5.41, 5.74) is 0.737. The van der Waals surface area contributed by atoms with Crippen molar-refractivity contribution in [2.75, 3.05) is 5.32 Å². The second kappa shape index (κ2) is 7.93. The van der Waals surface area contributed by atoms with Crippen LogP contribution in [0.3, 0.4) is 0 Å². The largest absolute Gasteiger partial charge is 0.481 e. The number of rotatable bonds is 5. The van der Waals surface area contributed by atoms with E-state index in [2.05, 4.69) is 10.3 Å². The van der Waals surface area contributed by atoms with Crippen molar-refractivity contribution in [3.63, 3.8) is 0 Å². The zero-order chi connectivity index (χ0) is 19.4. The fourth-order valence-electron chi connectivity index (χ4n) is 2.22. The summed E-state index contributed by atoms with van der Waals surface area (Å²) in [7, 11) is 0. The number of hydrogen-bond donors (Lipinski definition) is 1. The number of carbonyl (C=O) groups is 1. The highest BCUT2D eigenvalue weighted by atomic mass is 32.1. The maximum absolute atomic E-state index is 13.8. The van der Waals surface area contributed by atoms with Gasteiger partial charge in [0, 0.05) is 10.9 Å². The molecule has 1 aromatic heterocycles. The topological polar surface area (TPSA) is 75.0 Å². The number of ether oxygens (including phenoxy) is 1. The molecule has 1 unspecified atom stereocenters. The van der Waals surface area contributed by atoms with Gasteiger partial charge in [0.2, 0.25) is 0 Å². The van der Waals surface area contributed by atoms with Gasteiger partial charge in [-0.1, -0.05) is 0 Å². The second-order valence-electron chi connectivity index (χ2n) is 5.55. The average molecular weight is 385 g/mol. The number of anilines is 1. The fourth-order valence-corrected chi connectivity index (χ4v) is 2.93. The Kier molecular flexibility index (Phi) is 5.43. The fraction of sp³-hybridized carbons (Fsp3) is 0.105. The van der Waals surface area contributed by atoms with E-state index in [0.29, 0.717) is 11.3 Å². The molecule has 27 heavy (non-hydrogen) atoms. The first-order valence-electron chi connectivity index (χ1n) is 7.85. The van der Waals surface area contributed by atoms with E-state index in [-0.39, 0.29) is 16.4 Å². The molecular formula is C19H13F2N3O2S. The lowest BCUT2D eigenvalue weighted by atomic mass is 10.1. The molecule has 0 bridgehead atoms. The van der Waals surface area contributed by atoms with Crippen molar-refractivity contribution in [2.24, 2.45) is 0 Å². The highest BCUT2D eigenvalue weighted by Gasteiger charge is 2.17. The van der Waals surface area contributed by atoms with Gasteiger partial charge in [-0.05, 0) is 49.4 Å². The molecule has 5 nitrogen and oxygen atoms in total. The van der Waals surface area contributed by atoms with Gasteiger partial charge in [0.15, 0.2) is 11.2 Å². The van der Waals surface area contributed by atoms with Crippen molar-refractivity contribution in [1.82, 2.24) is 4.98 Å². The maximum atomic E-state index is 13.8. The first-order valence-corrected chi connectivity index (χ1v) is 8.73. The van der Waals surface area contributed by atoms with E-state index in [1.54, 1.807) is 31.2 Å². The molecular weight excluding hydrogens is 372 g/mol. The molecule has 1 amide bonds. The Morgan fingerprint density at radius 3 is 2.70 bits per heavy atom. The molecule has 0 saturated carbocycles. The first kappa shape index (κ1) is 18.5. The minimum absolute atomic E-state index is 0.0219. The summed E-state index contributed by atoms with van der Waals surface area (Å²) >= 11 is 1.09. The number of halogens is 2. The van der Waals surface area contributed by atoms with Crippen LogP contribution in [0, 0.1) is 23.0 Å². The van der Waals surface area contributed by atoms with E-state index in [4.69, 9.17) is 10.00 Å². The smallest absolute Gasteiger partial charge is 0.266 e. The standard InChI is InChI=1S/C19H13F2N3O2S/c1-11(26-14-5-2-12(9-22)3-6-14)18(25)24-19-23-17(10-27-19)15-8-13(20)4-7-16(15)21/h2-8,10-11H,1H3,(H,23,24,25). The third-order valence-electron chi connectivity index (χ3n) is 3.60. The lowest BCUT2D eigenvalue weighted by molar-refractivity contribution is -0.122. The average Bonchev–Trinajstić information content (AvgIpc) is 3.12. The van der Waals surface area contributed by atoms with E-state index >= 15 is 0 Å². The molecule has 0 fully saturated rings. The molecule has 0 radical (unpaired) electrons. The van der Waals surface area contributed by atoms with Crippen LogP contribution >= 0.6 is 11.3 Å². The Morgan fingerprint density at radius 1 is 1.26 bits per heavy atom. The van der Waals surface area contributed by atoms with Crippen LogP contribution in [-0.4, -0.2) is 17.0 Å². The minimum atomic E-state index is -0.823. The molecule has 3 aromatic rings. The van der Waals surface area contributed by atoms with Gasteiger partial charge in [-0.3, -0.25) is 10.1 Å². The zero-order valence-corrected chi connectivity index (χ0v) is 14.9. The lowest BCUT2D eigenvalue weighted by Crippen LogP contribution is -2.30. The van der Waals surface area contributed by atoms with Crippen LogP contribution in [0.25, 0.3) is 11.3 Å². The summed E-state index contributed by atoms with van der Waals surface area (Å²) < 4.78 is 32.7. The van der Waals surface area contributed by atoms with Crippen LogP contribution in [0.2, 0.25) is 0 Å². The van der Waals surface area contributed by atoms with Crippen LogP contribution in [0.4, 0.5) is 13.9 Å². The van der Waals surface area contributed by atoms with Crippen molar-refractivity contribution >= 4 is 22.4 Å². The van der Waals surface area contributed by atoms with E-state index in [1.807, 2.05) is 6.07 Å². The molecule has 0 spiro atoms. The normalized spacial score (nSPS) is 11.5. The zero-order valence-electron chi connectivity index (χ0n) is 14.1. The van der Waals surface area contributed by atoms with Gasteiger partial charge >= 0.3 is 0 Å². The molecule has 0 aliphatic heterocycles. The van der Waals surface area contributed by atoms with Gasteiger partial charge in [0.05, 0.1) is 17.3 Å². The van der Waals surface area contributed by atoms with E-state index < -0.39 is 23.6 Å². The van der Waals surface area contributed by atoms with Crippen LogP contribution < -0.4 is 10.1 Å². The van der Waals surface area contributed by atoms with Crippen LogP contribution in [0.1, 0.15) is 12.5 Å². The number of nitriles is 1. The first-order chi connectivity index (χ1) is 13.0. The van der Waals surface area contributed by atoms with Crippen LogP contribution in [0.15, 0.2) is 47.8 Å². The summed E-state index contributed by atoms with van der Waals surface area (Å²) in [6, 6.07) is 11.4. The summed E-state index contributed by atoms with van der Waals surface area (Å²) in [4.78, 5) is 16.4. The Morgan fingerprint density at radius 2 is 2.00 bits per heavy atom. The van der Waals surface area contributed by atoms with Gasteiger partial charge in [-0.25, -0.2) is 13.8 Å². The van der Waals surface area contributed by atoms with E-state index in [9.17, 15) is 13.6 Å². The Balaban J connectivity index is 1.66. The molecule has 3 rings (SSSR count). The summed E-state index contributed by atoms with van der Waals surface area (Å²) in [5.74, 6) is -1.18. The predicted octanol–water partition coefficient (Wildman–Crippen LogP) is 4.37. The molecule has 8 heteroatoms. The quantitative estimate of drug-likeness (QED) is 0.708. The monoisotopic (exact) mass is 385 g/mol. The van der Waals surface area contributed by atoms with Crippen molar-refractivity contribution in [1.29, 1.82) is 5.26 Å². The Hall–Kier alpha value is -3.31. The molecule has 1 atom stereocenters. The number of nitrogens with zero attached hydrogens (tertiary/aromatic N) is 2. The third-order valence-corrected chi connectivity index (χ3v) is 4.36. The van der Waals surface area contributed by atoms with Crippen molar-refractivity contribution < 1.29 is 18.3 Å². The summed E-state index contributed by atoms with van der Waals surface area (Å²) in [6.07, 6.45) is -0.823. The van der Waals surface area contributed by atoms with Gasteiger partial charge in [-0.15, -0.1) is 11.3 Å². The third kappa shape index (κ3) is 4.46. The van der Waals surface area contributed by atoms with Crippen molar-refractivity contribution in [3.05, 3.63) is 65.0 Å². The SMILES string of the molecule is CC(Oc1ccc(C#N)cc1)C(=O)Nc1nc(-c2cc(F)ccc2F)cs1. The van der Waals surface area contributed by atoms with Gasteiger partial charge in [0.1, 0.15) is 17.4 Å². The van der Waals surface area contributed by atoms with Crippen LogP contribution in [-0.2, 0) is 4.79 Å². The molecule has 136 valence electrons. The minimum Gasteiger partial charge on any atom is -0.481 e. The maximum Gasteiger partial charge on any atom is 0.266 e. The van der Waals surface area contributed by atoms with E-state index in [1.165, 1.54) is 5.38 Å². The number of carbonyl (C=O) groups excluding carboxylic acids is 1. The predicted molar refractivity (Wildman–Crippen MR) is 97.3 cm³/mol. The highest BCUT2D eigenvalue weighted by Crippen LogP contribution is 2.27. The Labute approximate surface area is 157 Å². The summed E-state index contributed by atoms with van der Waals surface area (Å²) in [6.45, 7) is 1.56. The lowest BCUT2D eigenvalue weighted by Gasteiger charge is -2.13. The van der Waals surface area contributed by atoms with Crippen molar-refractivity contribution in [3.8, 4) is 23.1 Å². The molecule has 1 heterocycles. The van der Waals surface area contributed by atoms with Gasteiger partial charge in [0.25, 0.3) is 5.91 Å². The number of benzene rings is 2. The van der Waals surface area contributed by atoms with Crippen molar-refractivity contribution in [2.45, 2.75) is 13.0 Å². The van der Waals surface area contributed by atoms with Gasteiger partial charge in [-0.2, -0.15) is 5.26 Å². The Bertz CT molecular complexity index is 1010. The molecule has 0 aliphatic rings. The molecule has 0 aliphatic carbocycles. The molecule has 0 saturated heterocycles. The second-order valence-corrected chi connectivity index (χ2v) is 6.41. The number of amides is 1. The number of aromatic nitrogens is 1. The van der Waals surface area contributed by atoms with Crippen LogP contribution in [0.5, 0.6) is 5.75 Å². The number of nitrogens with one attached hydrogen (secondary N) is 1. The number of hydrogen-bond acceptors (Lipinski definition) is 5. The molecule has 2 aromatic carbocycles.